The summed E-state index contributed by atoms with van der Waals surface area (Å²) in [6, 6.07) is 0. The Hall–Kier alpha value is 1.06. The Labute approximate surface area is 159 Å². The van der Waals surface area contributed by atoms with Crippen LogP contribution in [0.15, 0.2) is 0 Å². The Morgan fingerprint density at radius 1 is 0.348 bits per heavy atom. The zero-order valence-electron chi connectivity index (χ0n) is 17.8. The van der Waals surface area contributed by atoms with E-state index in [9.17, 15) is 0 Å². The third kappa shape index (κ3) is 21.0. The molecular weight excluding hydrogens is 306 g/mol. The van der Waals surface area contributed by atoms with E-state index < -0.39 is 0 Å². The normalized spacial score (nSPS) is 10.2. The summed E-state index contributed by atoms with van der Waals surface area (Å²) in [5.74, 6) is 0. The molecule has 0 bridgehead atoms. The van der Waals surface area contributed by atoms with Gasteiger partial charge in [-0.3, -0.25) is 0 Å². The predicted molar refractivity (Wildman–Crippen MR) is 116 cm³/mol. The third-order valence-corrected chi connectivity index (χ3v) is 12.8. The van der Waals surface area contributed by atoms with Crippen molar-refractivity contribution in [1.82, 2.24) is 0 Å². The molecule has 0 aliphatic rings. The van der Waals surface area contributed by atoms with Crippen LogP contribution in [-0.2, 0) is 0 Å². The molecule has 0 unspecified atom stereocenters. The molecular formula is C21H48Al2. The summed E-state index contributed by atoms with van der Waals surface area (Å²) in [5.41, 5.74) is 0. The molecule has 0 rings (SSSR count). The lowest BCUT2D eigenvalue weighted by atomic mass is 10.4. The van der Waals surface area contributed by atoms with E-state index in [4.69, 9.17) is 0 Å². The van der Waals surface area contributed by atoms with Crippen LogP contribution < -0.4 is 0 Å². The molecule has 0 fully saturated rings. The second-order valence-corrected chi connectivity index (χ2v) is 14.5. The van der Waals surface area contributed by atoms with Gasteiger partial charge in [-0.05, 0) is 0 Å². The van der Waals surface area contributed by atoms with Gasteiger partial charge >= 0.3 is 0 Å². The van der Waals surface area contributed by atoms with Crippen molar-refractivity contribution >= 4 is 28.3 Å². The highest BCUT2D eigenvalue weighted by molar-refractivity contribution is 6.59. The van der Waals surface area contributed by atoms with Gasteiger partial charge in [0.1, 0.15) is 0 Å². The smallest absolute Gasteiger partial charge is 0.0941 e. The van der Waals surface area contributed by atoms with Crippen LogP contribution in [0, 0.1) is 0 Å². The average molecular weight is 355 g/mol. The van der Waals surface area contributed by atoms with Crippen LogP contribution in [0.3, 0.4) is 0 Å². The Balaban J connectivity index is 0. The Kier molecular flexibility index (Phi) is 26.4. The fraction of sp³-hybridized carbons (Fsp3) is 1.00. The highest BCUT2D eigenvalue weighted by Crippen LogP contribution is 2.16. The largest absolute Gasteiger partial charge is 0.261 e. The van der Waals surface area contributed by atoms with Gasteiger partial charge in [-0.2, -0.15) is 0 Å². The molecule has 0 radical (unpaired) electrons. The Morgan fingerprint density at radius 2 is 0.609 bits per heavy atom. The molecule has 2 heteroatoms. The van der Waals surface area contributed by atoms with Crippen molar-refractivity contribution in [3.05, 3.63) is 0 Å². The van der Waals surface area contributed by atoms with E-state index in [1.165, 1.54) is 57.8 Å². The molecule has 0 amide bonds. The molecule has 0 spiro atoms. The standard InChI is InChI=1S/3C4H9.3C3H7.2Al/c3*1-3-4-2;3*1-3-2;;/h3*1,3-4H2,2H3;3*1,3H2,2H3;;. The van der Waals surface area contributed by atoms with Crippen molar-refractivity contribution in [2.45, 2.75) is 131 Å². The molecule has 0 atom stereocenters. The monoisotopic (exact) mass is 354 g/mol. The van der Waals surface area contributed by atoms with Crippen molar-refractivity contribution < 1.29 is 0 Å². The summed E-state index contributed by atoms with van der Waals surface area (Å²) in [6.45, 7) is 13.9. The van der Waals surface area contributed by atoms with Crippen LogP contribution >= 0.6 is 0 Å². The van der Waals surface area contributed by atoms with Gasteiger partial charge in [0.15, 0.2) is 0 Å². The van der Waals surface area contributed by atoms with Gasteiger partial charge in [0.2, 0.25) is 0 Å². The number of unbranched alkanes of at least 4 members (excludes halogenated alkanes) is 3. The minimum absolute atomic E-state index is 0.234. The minimum atomic E-state index is -0.287. The number of hydrogen-bond donors (Lipinski definition) is 0. The summed E-state index contributed by atoms with van der Waals surface area (Å²) in [7, 11) is 0. The predicted octanol–water partition coefficient (Wildman–Crippen LogP) is 8.59. The molecule has 23 heavy (non-hydrogen) atoms. The lowest BCUT2D eigenvalue weighted by molar-refractivity contribution is 0.812. The molecule has 0 aromatic rings. The molecule has 0 N–H and O–H groups in total. The molecule has 0 saturated carbocycles. The second kappa shape index (κ2) is 23.1. The van der Waals surface area contributed by atoms with E-state index in [1.807, 2.05) is 0 Å². The SMILES string of the molecule is CCC[CH2][Al]([CH2]CCC)[CH2]CCC.CC[CH2][Al]([CH2]CC)[CH2]CC. The number of rotatable bonds is 15. The first-order valence-electron chi connectivity index (χ1n) is 11.2. The van der Waals surface area contributed by atoms with Crippen LogP contribution in [0.5, 0.6) is 0 Å². The van der Waals surface area contributed by atoms with Gasteiger partial charge < -0.3 is 0 Å². The molecule has 0 nitrogen and oxygen atoms in total. The minimum Gasteiger partial charge on any atom is -0.0941 e. The van der Waals surface area contributed by atoms with Crippen LogP contribution in [0.25, 0.3) is 0 Å². The Morgan fingerprint density at radius 3 is 0.826 bits per heavy atom. The highest BCUT2D eigenvalue weighted by atomic mass is 27.2. The van der Waals surface area contributed by atoms with Crippen molar-refractivity contribution in [1.29, 1.82) is 0 Å². The van der Waals surface area contributed by atoms with E-state index in [-0.39, 0.29) is 28.3 Å². The summed E-state index contributed by atoms with van der Waals surface area (Å²) in [6.07, 6.45) is 13.0. The van der Waals surface area contributed by atoms with Crippen LogP contribution in [0.2, 0.25) is 31.7 Å². The van der Waals surface area contributed by atoms with E-state index in [2.05, 4.69) is 41.5 Å². The Bertz CT molecular complexity index is 161. The van der Waals surface area contributed by atoms with E-state index >= 15 is 0 Å². The quantitative estimate of drug-likeness (QED) is 0.258. The lowest BCUT2D eigenvalue weighted by Crippen LogP contribution is -2.11. The molecule has 0 aliphatic carbocycles. The fourth-order valence-electron chi connectivity index (χ4n) is 3.57. The van der Waals surface area contributed by atoms with Crippen LogP contribution in [-0.4, -0.2) is 28.3 Å². The number of hydrogen-bond acceptors (Lipinski definition) is 0. The molecule has 0 saturated heterocycles. The third-order valence-electron chi connectivity index (χ3n) is 4.99. The van der Waals surface area contributed by atoms with Crippen molar-refractivity contribution in [2.75, 3.05) is 0 Å². The zero-order chi connectivity index (χ0) is 17.8. The van der Waals surface area contributed by atoms with Gasteiger partial charge in [-0.15, -0.1) is 0 Å². The highest BCUT2D eigenvalue weighted by Gasteiger charge is 2.14. The summed E-state index contributed by atoms with van der Waals surface area (Å²) in [5, 5.41) is 9.62. The molecule has 0 aromatic carbocycles. The van der Waals surface area contributed by atoms with Crippen molar-refractivity contribution in [3.8, 4) is 0 Å². The maximum Gasteiger partial charge on any atom is 0.261 e. The summed E-state index contributed by atoms with van der Waals surface area (Å²) in [4.78, 5) is 0. The van der Waals surface area contributed by atoms with E-state index in [0.29, 0.717) is 0 Å². The molecule has 0 aromatic heterocycles. The topological polar surface area (TPSA) is 0 Å². The van der Waals surface area contributed by atoms with Gasteiger partial charge in [0, 0.05) is 0 Å². The maximum atomic E-state index is 2.32. The van der Waals surface area contributed by atoms with Crippen LogP contribution in [0.1, 0.15) is 99.3 Å². The first kappa shape index (κ1) is 26.3. The summed E-state index contributed by atoms with van der Waals surface area (Å²) >= 11 is -0.521. The molecule has 138 valence electrons. The first-order valence-corrected chi connectivity index (χ1v) is 16.1. The average Bonchev–Trinajstić information content (AvgIpc) is 2.55. The molecule has 0 heterocycles. The van der Waals surface area contributed by atoms with E-state index in [1.54, 1.807) is 31.7 Å². The van der Waals surface area contributed by atoms with Crippen molar-refractivity contribution in [3.63, 3.8) is 0 Å². The zero-order valence-corrected chi connectivity index (χ0v) is 20.1. The van der Waals surface area contributed by atoms with Gasteiger partial charge in [0.25, 0.3) is 28.3 Å². The fourth-order valence-corrected chi connectivity index (χ4v) is 10.7. The first-order chi connectivity index (χ1) is 11.2. The van der Waals surface area contributed by atoms with Gasteiger partial charge in [0.05, 0.1) is 0 Å². The van der Waals surface area contributed by atoms with Crippen molar-refractivity contribution in [2.24, 2.45) is 0 Å². The maximum absolute atomic E-state index is 2.32. The summed E-state index contributed by atoms with van der Waals surface area (Å²) < 4.78 is 0. The lowest BCUT2D eigenvalue weighted by Gasteiger charge is -2.09. The van der Waals surface area contributed by atoms with E-state index in [0.717, 1.165) is 0 Å². The van der Waals surface area contributed by atoms with Gasteiger partial charge in [-0.25, -0.2) is 0 Å². The molecule has 0 aliphatic heterocycles. The van der Waals surface area contributed by atoms with Crippen LogP contribution in [0.4, 0.5) is 0 Å². The van der Waals surface area contributed by atoms with Gasteiger partial charge in [-0.1, -0.05) is 131 Å². The second-order valence-electron chi connectivity index (χ2n) is 7.52.